The number of nitrogens with two attached hydrogens (primary N) is 1. The highest BCUT2D eigenvalue weighted by Crippen LogP contribution is 2.14. The molecular weight excluding hydrogens is 292 g/mol. The van der Waals surface area contributed by atoms with Crippen molar-refractivity contribution in [3.63, 3.8) is 0 Å². The monoisotopic (exact) mass is 318 g/mol. The summed E-state index contributed by atoms with van der Waals surface area (Å²) in [5.41, 5.74) is 6.58. The Morgan fingerprint density at radius 1 is 1.26 bits per heavy atom. The summed E-state index contributed by atoms with van der Waals surface area (Å²) in [5, 5.41) is 0. The highest BCUT2D eigenvalue weighted by molar-refractivity contribution is 5.87. The van der Waals surface area contributed by atoms with E-state index >= 15 is 0 Å². The number of carbonyl (C=O) groups is 2. The molecule has 6 heteroatoms. The summed E-state index contributed by atoms with van der Waals surface area (Å²) < 4.78 is 0. The summed E-state index contributed by atoms with van der Waals surface area (Å²) in [5.74, 6) is -0.408. The number of para-hydroxylation sites is 1. The molecule has 1 heterocycles. The molecule has 1 unspecified atom stereocenters. The third-order valence-corrected chi connectivity index (χ3v) is 4.31. The van der Waals surface area contributed by atoms with Crippen LogP contribution in [0.5, 0.6) is 0 Å². The minimum atomic E-state index is -0.506. The van der Waals surface area contributed by atoms with Crippen LogP contribution in [0.25, 0.3) is 0 Å². The first-order chi connectivity index (χ1) is 11.0. The second-order valence-corrected chi connectivity index (χ2v) is 6.13. The van der Waals surface area contributed by atoms with Gasteiger partial charge in [0.25, 0.3) is 0 Å². The van der Waals surface area contributed by atoms with Gasteiger partial charge in [0.15, 0.2) is 0 Å². The Labute approximate surface area is 137 Å². The second-order valence-electron chi connectivity index (χ2n) is 6.13. The molecule has 0 radical (unpaired) electrons. The number of hydrogen-bond acceptors (Lipinski definition) is 4. The van der Waals surface area contributed by atoms with Crippen LogP contribution in [0.3, 0.4) is 0 Å². The van der Waals surface area contributed by atoms with E-state index in [0.717, 1.165) is 25.2 Å². The lowest BCUT2D eigenvalue weighted by atomic mass is 10.1. The van der Waals surface area contributed by atoms with E-state index in [9.17, 15) is 9.59 Å². The molecule has 0 bridgehead atoms. The fraction of sp³-hybridized carbons (Fsp3) is 0.529. The summed E-state index contributed by atoms with van der Waals surface area (Å²) in [6.45, 7) is 2.66. The molecular formula is C17H26N4O2. The minimum absolute atomic E-state index is 0.0170. The van der Waals surface area contributed by atoms with Crippen molar-refractivity contribution < 1.29 is 9.59 Å². The van der Waals surface area contributed by atoms with Crippen LogP contribution >= 0.6 is 0 Å². The molecule has 0 aromatic heterocycles. The van der Waals surface area contributed by atoms with E-state index in [1.807, 2.05) is 49.3 Å². The molecule has 126 valence electrons. The van der Waals surface area contributed by atoms with Crippen LogP contribution in [0.4, 0.5) is 5.69 Å². The van der Waals surface area contributed by atoms with Crippen molar-refractivity contribution in [2.75, 3.05) is 45.2 Å². The van der Waals surface area contributed by atoms with E-state index in [2.05, 4.69) is 4.90 Å². The molecule has 0 aliphatic carbocycles. The quantitative estimate of drug-likeness (QED) is 0.831. The van der Waals surface area contributed by atoms with Gasteiger partial charge in [0, 0.05) is 45.3 Å². The molecule has 1 aromatic carbocycles. The summed E-state index contributed by atoms with van der Waals surface area (Å²) >= 11 is 0. The maximum atomic E-state index is 12.4. The van der Waals surface area contributed by atoms with Crippen LogP contribution in [0.1, 0.15) is 12.8 Å². The van der Waals surface area contributed by atoms with E-state index in [4.69, 9.17) is 5.73 Å². The van der Waals surface area contributed by atoms with E-state index < -0.39 is 11.9 Å². The predicted molar refractivity (Wildman–Crippen MR) is 91.1 cm³/mol. The molecule has 0 saturated carbocycles. The standard InChI is InChI=1S/C17H26N4O2/c1-19-11-12-21(15(13-19)17(18)23)16(22)9-6-10-20(2)14-7-4-3-5-8-14/h3-5,7-8,15H,6,9-13H2,1-2H3,(H2,18,23). The molecule has 1 aromatic rings. The summed E-state index contributed by atoms with van der Waals surface area (Å²) in [6.07, 6.45) is 1.19. The molecule has 0 spiro atoms. The third-order valence-electron chi connectivity index (χ3n) is 4.31. The highest BCUT2D eigenvalue weighted by Gasteiger charge is 2.32. The maximum absolute atomic E-state index is 12.4. The fourth-order valence-electron chi connectivity index (χ4n) is 2.88. The van der Waals surface area contributed by atoms with Gasteiger partial charge in [-0.05, 0) is 25.6 Å². The van der Waals surface area contributed by atoms with Gasteiger partial charge in [0.1, 0.15) is 6.04 Å². The van der Waals surface area contributed by atoms with Gasteiger partial charge >= 0.3 is 0 Å². The van der Waals surface area contributed by atoms with Gasteiger partial charge in [-0.1, -0.05) is 18.2 Å². The number of hydrogen-bond donors (Lipinski definition) is 1. The summed E-state index contributed by atoms with van der Waals surface area (Å²) in [7, 11) is 3.95. The summed E-state index contributed by atoms with van der Waals surface area (Å²) in [6, 6.07) is 9.57. The average molecular weight is 318 g/mol. The van der Waals surface area contributed by atoms with Crippen molar-refractivity contribution in [1.29, 1.82) is 0 Å². The average Bonchev–Trinajstić information content (AvgIpc) is 2.55. The number of nitrogens with zero attached hydrogens (tertiary/aromatic N) is 3. The minimum Gasteiger partial charge on any atom is -0.375 e. The normalized spacial score (nSPS) is 18.7. The molecule has 1 aliphatic heterocycles. The Bertz CT molecular complexity index is 535. The van der Waals surface area contributed by atoms with E-state index in [-0.39, 0.29) is 5.91 Å². The summed E-state index contributed by atoms with van der Waals surface area (Å²) in [4.78, 5) is 29.8. The van der Waals surface area contributed by atoms with Crippen LogP contribution in [0, 0.1) is 0 Å². The Hall–Kier alpha value is -2.08. The Morgan fingerprint density at radius 2 is 1.96 bits per heavy atom. The highest BCUT2D eigenvalue weighted by atomic mass is 16.2. The first kappa shape index (κ1) is 17.3. The van der Waals surface area contributed by atoms with E-state index in [1.54, 1.807) is 4.90 Å². The second kappa shape index (κ2) is 7.97. The van der Waals surface area contributed by atoms with Gasteiger partial charge in [-0.2, -0.15) is 0 Å². The maximum Gasteiger partial charge on any atom is 0.241 e. The first-order valence-electron chi connectivity index (χ1n) is 8.02. The van der Waals surface area contributed by atoms with Crippen molar-refractivity contribution in [1.82, 2.24) is 9.80 Å². The zero-order valence-electron chi connectivity index (χ0n) is 13.9. The van der Waals surface area contributed by atoms with Crippen LogP contribution in [-0.2, 0) is 9.59 Å². The molecule has 1 saturated heterocycles. The lowest BCUT2D eigenvalue weighted by Gasteiger charge is -2.38. The molecule has 1 atom stereocenters. The van der Waals surface area contributed by atoms with Crippen molar-refractivity contribution in [2.45, 2.75) is 18.9 Å². The lowest BCUT2D eigenvalue weighted by molar-refractivity contribution is -0.142. The fourth-order valence-corrected chi connectivity index (χ4v) is 2.88. The molecule has 2 rings (SSSR count). The third kappa shape index (κ3) is 4.69. The topological polar surface area (TPSA) is 69.9 Å². The lowest BCUT2D eigenvalue weighted by Crippen LogP contribution is -2.59. The van der Waals surface area contributed by atoms with Crippen molar-refractivity contribution >= 4 is 17.5 Å². The zero-order chi connectivity index (χ0) is 16.8. The molecule has 6 nitrogen and oxygen atoms in total. The van der Waals surface area contributed by atoms with Gasteiger partial charge in [0.05, 0.1) is 0 Å². The molecule has 1 aliphatic rings. The number of primary amides is 1. The van der Waals surface area contributed by atoms with Crippen LogP contribution < -0.4 is 10.6 Å². The van der Waals surface area contributed by atoms with Gasteiger partial charge < -0.3 is 20.4 Å². The van der Waals surface area contributed by atoms with Crippen molar-refractivity contribution in [2.24, 2.45) is 5.73 Å². The van der Waals surface area contributed by atoms with Gasteiger partial charge in [-0.3, -0.25) is 9.59 Å². The number of likely N-dealkylation sites (N-methyl/N-ethyl adjacent to an activating group) is 1. The Balaban J connectivity index is 1.83. The van der Waals surface area contributed by atoms with Gasteiger partial charge in [-0.25, -0.2) is 0 Å². The van der Waals surface area contributed by atoms with Gasteiger partial charge in [-0.15, -0.1) is 0 Å². The number of anilines is 1. The van der Waals surface area contributed by atoms with E-state index in [1.165, 1.54) is 0 Å². The van der Waals surface area contributed by atoms with Crippen LogP contribution in [0.15, 0.2) is 30.3 Å². The Kier molecular flexibility index (Phi) is 5.98. The van der Waals surface area contributed by atoms with Crippen LogP contribution in [-0.4, -0.2) is 67.9 Å². The van der Waals surface area contributed by atoms with Crippen LogP contribution in [0.2, 0.25) is 0 Å². The first-order valence-corrected chi connectivity index (χ1v) is 8.02. The number of piperazine rings is 1. The Morgan fingerprint density at radius 3 is 2.61 bits per heavy atom. The van der Waals surface area contributed by atoms with E-state index in [0.29, 0.717) is 19.5 Å². The van der Waals surface area contributed by atoms with Crippen molar-refractivity contribution in [3.8, 4) is 0 Å². The SMILES string of the molecule is CN1CCN(C(=O)CCCN(C)c2ccccc2)C(C(N)=O)C1. The smallest absolute Gasteiger partial charge is 0.241 e. The molecule has 1 fully saturated rings. The number of rotatable bonds is 6. The molecule has 2 N–H and O–H groups in total. The van der Waals surface area contributed by atoms with Gasteiger partial charge in [0.2, 0.25) is 11.8 Å². The predicted octanol–water partition coefficient (Wildman–Crippen LogP) is 0.531. The largest absolute Gasteiger partial charge is 0.375 e. The zero-order valence-corrected chi connectivity index (χ0v) is 13.9. The van der Waals surface area contributed by atoms with Crippen molar-refractivity contribution in [3.05, 3.63) is 30.3 Å². The number of carbonyl (C=O) groups excluding carboxylic acids is 2. The number of benzene rings is 1. The molecule has 23 heavy (non-hydrogen) atoms. The number of amides is 2. The molecule has 2 amide bonds.